The van der Waals surface area contributed by atoms with Crippen molar-refractivity contribution in [2.24, 2.45) is 9.98 Å². The molecule has 1 heterocycles. The van der Waals surface area contributed by atoms with Crippen LogP contribution in [0.5, 0.6) is 0 Å². The van der Waals surface area contributed by atoms with E-state index in [0.29, 0.717) is 6.54 Å². The minimum absolute atomic E-state index is 0.264. The van der Waals surface area contributed by atoms with Crippen LogP contribution in [-0.4, -0.2) is 17.6 Å². The lowest BCUT2D eigenvalue weighted by Crippen LogP contribution is -2.22. The van der Waals surface area contributed by atoms with Gasteiger partial charge in [0.15, 0.2) is 0 Å². The molecule has 0 amide bonds. The van der Waals surface area contributed by atoms with Gasteiger partial charge in [0.2, 0.25) is 0 Å². The molecule has 0 saturated carbocycles. The molecule has 2 aromatic carbocycles. The van der Waals surface area contributed by atoms with Crippen molar-refractivity contribution < 1.29 is 0 Å². The molecule has 0 N–H and O–H groups in total. The fourth-order valence-electron chi connectivity index (χ4n) is 2.78. The second-order valence-corrected chi connectivity index (χ2v) is 6.81. The minimum Gasteiger partial charge on any atom is -0.277 e. The molecular weight excluding hydrogens is 380 g/mol. The summed E-state index contributed by atoms with van der Waals surface area (Å²) in [5, 5.41) is 4.64. The van der Waals surface area contributed by atoms with Crippen molar-refractivity contribution in [2.75, 3.05) is 6.54 Å². The predicted octanol–water partition coefficient (Wildman–Crippen LogP) is 3.51. The molecule has 20 heavy (non-hydrogen) atoms. The van der Waals surface area contributed by atoms with Crippen molar-refractivity contribution in [2.45, 2.75) is 4.83 Å². The summed E-state index contributed by atoms with van der Waals surface area (Å²) in [6, 6.07) is 6.35. The highest BCUT2D eigenvalue weighted by molar-refractivity contribution is 9.10. The molecule has 1 unspecified atom stereocenters. The normalized spacial score (nSPS) is 19.2. The molecule has 0 bridgehead atoms. The van der Waals surface area contributed by atoms with Crippen molar-refractivity contribution in [3.63, 3.8) is 0 Å². The quantitative estimate of drug-likeness (QED) is 0.616. The van der Waals surface area contributed by atoms with Crippen LogP contribution >= 0.6 is 31.9 Å². The molecule has 4 rings (SSSR count). The van der Waals surface area contributed by atoms with Crippen molar-refractivity contribution in [1.29, 1.82) is 0 Å². The van der Waals surface area contributed by atoms with E-state index in [9.17, 15) is 0 Å². The highest BCUT2D eigenvalue weighted by Gasteiger charge is 2.15. The third-order valence-corrected chi connectivity index (χ3v) is 4.68. The van der Waals surface area contributed by atoms with Crippen LogP contribution in [0.3, 0.4) is 0 Å². The zero-order valence-electron chi connectivity index (χ0n) is 10.5. The van der Waals surface area contributed by atoms with Crippen LogP contribution in [0.25, 0.3) is 22.9 Å². The van der Waals surface area contributed by atoms with Crippen LogP contribution in [0.15, 0.2) is 38.7 Å². The Morgan fingerprint density at radius 1 is 1.20 bits per heavy atom. The third kappa shape index (κ3) is 1.82. The summed E-state index contributed by atoms with van der Waals surface area (Å²) >= 11 is 7.21. The molecule has 0 aromatic heterocycles. The van der Waals surface area contributed by atoms with E-state index in [-0.39, 0.29) is 4.83 Å². The van der Waals surface area contributed by atoms with E-state index < -0.39 is 0 Å². The van der Waals surface area contributed by atoms with E-state index in [0.717, 1.165) is 15.5 Å². The Balaban J connectivity index is 2.31. The molecule has 0 saturated heterocycles. The van der Waals surface area contributed by atoms with E-state index in [1.54, 1.807) is 0 Å². The summed E-state index contributed by atoms with van der Waals surface area (Å²) in [6.45, 7) is 0.658. The molecule has 1 aliphatic carbocycles. The molecule has 2 aliphatic rings. The molecule has 2 aromatic rings. The maximum absolute atomic E-state index is 4.65. The molecule has 4 heteroatoms. The number of nitrogens with zero attached hydrogens (tertiary/aromatic N) is 2. The molecule has 1 aliphatic heterocycles. The minimum atomic E-state index is 0.264. The largest absolute Gasteiger partial charge is 0.277 e. The van der Waals surface area contributed by atoms with E-state index in [2.05, 4.69) is 78.3 Å². The number of fused-ring (bicyclic) bond motifs is 6. The first-order valence-corrected chi connectivity index (χ1v) is 8.11. The van der Waals surface area contributed by atoms with Gasteiger partial charge in [0.05, 0.1) is 22.4 Å². The summed E-state index contributed by atoms with van der Waals surface area (Å²) in [5.74, 6) is 0. The summed E-state index contributed by atoms with van der Waals surface area (Å²) in [6.07, 6.45) is 8.39. The van der Waals surface area contributed by atoms with E-state index in [4.69, 9.17) is 0 Å². The van der Waals surface area contributed by atoms with Crippen molar-refractivity contribution >= 4 is 66.7 Å². The molecule has 0 radical (unpaired) electrons. The van der Waals surface area contributed by atoms with Gasteiger partial charge in [-0.1, -0.05) is 56.2 Å². The number of hydrogen-bond donors (Lipinski definition) is 0. The first kappa shape index (κ1) is 12.5. The van der Waals surface area contributed by atoms with Gasteiger partial charge in [-0.05, 0) is 22.7 Å². The van der Waals surface area contributed by atoms with Gasteiger partial charge in [-0.15, -0.1) is 0 Å². The highest BCUT2D eigenvalue weighted by Crippen LogP contribution is 2.25. The topological polar surface area (TPSA) is 24.7 Å². The highest BCUT2D eigenvalue weighted by atomic mass is 79.9. The van der Waals surface area contributed by atoms with E-state index >= 15 is 0 Å². The molecular formula is C16H10Br2N2. The Hall–Kier alpha value is -1.26. The Morgan fingerprint density at radius 2 is 2.10 bits per heavy atom. The molecule has 2 nitrogen and oxygen atoms in total. The average molecular weight is 390 g/mol. The fourth-order valence-corrected chi connectivity index (χ4v) is 3.56. The number of aliphatic imine (C=N–C) groups is 1. The lowest BCUT2D eigenvalue weighted by Gasteiger charge is -2.15. The lowest BCUT2D eigenvalue weighted by atomic mass is 9.96. The van der Waals surface area contributed by atoms with Gasteiger partial charge in [0, 0.05) is 21.6 Å². The summed E-state index contributed by atoms with van der Waals surface area (Å²) in [5.41, 5.74) is 2.16. The van der Waals surface area contributed by atoms with Gasteiger partial charge in [-0.2, -0.15) is 0 Å². The number of benzene rings is 2. The van der Waals surface area contributed by atoms with Gasteiger partial charge in [-0.25, -0.2) is 0 Å². The second kappa shape index (κ2) is 4.64. The Morgan fingerprint density at radius 3 is 3.00 bits per heavy atom. The number of hydrogen-bond acceptors (Lipinski definition) is 2. The Labute approximate surface area is 132 Å². The molecule has 0 spiro atoms. The van der Waals surface area contributed by atoms with Crippen LogP contribution in [0, 0.1) is 0 Å². The number of allylic oxidation sites excluding steroid dienone is 1. The van der Waals surface area contributed by atoms with Gasteiger partial charge < -0.3 is 0 Å². The zero-order chi connectivity index (χ0) is 13.7. The average Bonchev–Trinajstić information content (AvgIpc) is 2.47. The van der Waals surface area contributed by atoms with Gasteiger partial charge in [0.1, 0.15) is 0 Å². The molecule has 1 atom stereocenters. The monoisotopic (exact) mass is 388 g/mol. The summed E-state index contributed by atoms with van der Waals surface area (Å²) in [7, 11) is 0. The standard InChI is InChI=1S/C16H10Br2N2/c17-9-1-3-11-13(7-9)14-8-10(18)2-4-12(14)16-15(11)19-5-6-20-16/h1-5,7-9H,6H2. The van der Waals surface area contributed by atoms with Gasteiger partial charge in [-0.3, -0.25) is 9.98 Å². The van der Waals surface area contributed by atoms with Crippen LogP contribution in [0.2, 0.25) is 0 Å². The van der Waals surface area contributed by atoms with Gasteiger partial charge in [0.25, 0.3) is 0 Å². The lowest BCUT2D eigenvalue weighted by molar-refractivity contribution is 1.17. The van der Waals surface area contributed by atoms with Crippen LogP contribution in [-0.2, 0) is 0 Å². The maximum atomic E-state index is 4.65. The third-order valence-electron chi connectivity index (χ3n) is 3.62. The van der Waals surface area contributed by atoms with Crippen LogP contribution in [0.1, 0.15) is 5.56 Å². The summed E-state index contributed by atoms with van der Waals surface area (Å²) in [4.78, 5) is 9.50. The first-order valence-electron chi connectivity index (χ1n) is 6.40. The van der Waals surface area contributed by atoms with Crippen LogP contribution < -0.4 is 10.6 Å². The van der Waals surface area contributed by atoms with Crippen LogP contribution in [0.4, 0.5) is 5.69 Å². The second-order valence-electron chi connectivity index (χ2n) is 4.84. The van der Waals surface area contributed by atoms with Crippen molar-refractivity contribution in [3.8, 4) is 0 Å². The van der Waals surface area contributed by atoms with Gasteiger partial charge >= 0.3 is 0 Å². The van der Waals surface area contributed by atoms with Crippen molar-refractivity contribution in [3.05, 3.63) is 44.9 Å². The fraction of sp³-hybridized carbons (Fsp3) is 0.125. The Bertz CT molecular complexity index is 910. The maximum Gasteiger partial charge on any atom is 0.0963 e. The van der Waals surface area contributed by atoms with E-state index in [1.807, 2.05) is 6.21 Å². The summed E-state index contributed by atoms with van der Waals surface area (Å²) < 4.78 is 1.08. The first-order chi connectivity index (χ1) is 9.74. The number of rotatable bonds is 0. The zero-order valence-corrected chi connectivity index (χ0v) is 13.6. The van der Waals surface area contributed by atoms with Crippen molar-refractivity contribution in [1.82, 2.24) is 0 Å². The Kier molecular flexibility index (Phi) is 2.89. The number of alkyl halides is 1. The number of halogens is 2. The SMILES string of the molecule is Brc1ccc2c3c(c4c(c2c1)=CC(Br)C=C4)N=CCN=3. The molecule has 0 fully saturated rings. The predicted molar refractivity (Wildman–Crippen MR) is 91.7 cm³/mol. The molecule has 98 valence electrons. The van der Waals surface area contributed by atoms with E-state index in [1.165, 1.54) is 21.6 Å². The smallest absolute Gasteiger partial charge is 0.0963 e.